The van der Waals surface area contributed by atoms with E-state index in [0.29, 0.717) is 18.8 Å². The molecular formula is C19H21FN4O2. The number of amides is 2. The number of rotatable bonds is 4. The molecule has 0 saturated carbocycles. The normalized spacial score (nSPS) is 14.9. The van der Waals surface area contributed by atoms with E-state index in [9.17, 15) is 14.0 Å². The molecule has 0 atom stereocenters. The van der Waals surface area contributed by atoms with Gasteiger partial charge in [0, 0.05) is 37.7 Å². The number of likely N-dealkylation sites (tertiary alicyclic amines) is 1. The van der Waals surface area contributed by atoms with Crippen molar-refractivity contribution in [2.75, 3.05) is 19.6 Å². The molecule has 0 spiro atoms. The first-order chi connectivity index (χ1) is 12.5. The topological polar surface area (TPSA) is 75.2 Å². The highest BCUT2D eigenvalue weighted by molar-refractivity contribution is 5.83. The lowest BCUT2D eigenvalue weighted by Crippen LogP contribution is -2.43. The summed E-state index contributed by atoms with van der Waals surface area (Å²) in [4.78, 5) is 33.7. The van der Waals surface area contributed by atoms with Crippen LogP contribution in [0.25, 0.3) is 11.3 Å². The number of piperidine rings is 1. The standard InChI is InChI=1S/C19H21FN4O2/c1-13(25)22-12-18(26)24-9-6-14(7-10-24)19-21-8-5-17(23-19)15-3-2-4-16(20)11-15/h2-5,8,11,14H,6-7,9-10,12H2,1H3,(H,22,25). The molecule has 0 unspecified atom stereocenters. The van der Waals surface area contributed by atoms with E-state index < -0.39 is 0 Å². The van der Waals surface area contributed by atoms with Gasteiger partial charge in [-0.1, -0.05) is 12.1 Å². The quantitative estimate of drug-likeness (QED) is 0.911. The van der Waals surface area contributed by atoms with E-state index in [4.69, 9.17) is 0 Å². The number of hydrogen-bond acceptors (Lipinski definition) is 4. The zero-order valence-corrected chi connectivity index (χ0v) is 14.6. The second-order valence-corrected chi connectivity index (χ2v) is 6.38. The molecule has 1 fully saturated rings. The summed E-state index contributed by atoms with van der Waals surface area (Å²) in [7, 11) is 0. The molecule has 2 aromatic rings. The average molecular weight is 356 g/mol. The first kappa shape index (κ1) is 18.0. The van der Waals surface area contributed by atoms with Gasteiger partial charge in [-0.2, -0.15) is 0 Å². The van der Waals surface area contributed by atoms with Crippen LogP contribution < -0.4 is 5.32 Å². The molecule has 1 aliphatic rings. The molecule has 3 rings (SSSR count). The largest absolute Gasteiger partial charge is 0.347 e. The van der Waals surface area contributed by atoms with Gasteiger partial charge in [-0.3, -0.25) is 9.59 Å². The van der Waals surface area contributed by atoms with Gasteiger partial charge >= 0.3 is 0 Å². The van der Waals surface area contributed by atoms with Crippen LogP contribution in [0, 0.1) is 5.82 Å². The van der Waals surface area contributed by atoms with Crippen LogP contribution in [0.1, 0.15) is 31.5 Å². The van der Waals surface area contributed by atoms with Gasteiger partial charge in [0.1, 0.15) is 11.6 Å². The fourth-order valence-corrected chi connectivity index (χ4v) is 3.08. The smallest absolute Gasteiger partial charge is 0.241 e. The minimum Gasteiger partial charge on any atom is -0.347 e. The van der Waals surface area contributed by atoms with Crippen LogP contribution in [0.3, 0.4) is 0 Å². The molecule has 7 heteroatoms. The minimum atomic E-state index is -0.298. The van der Waals surface area contributed by atoms with Gasteiger partial charge in [0.2, 0.25) is 11.8 Å². The summed E-state index contributed by atoms with van der Waals surface area (Å²) in [5, 5.41) is 2.53. The Hall–Kier alpha value is -2.83. The highest BCUT2D eigenvalue weighted by Gasteiger charge is 2.25. The SMILES string of the molecule is CC(=O)NCC(=O)N1CCC(c2nccc(-c3cccc(F)c3)n2)CC1. The van der Waals surface area contributed by atoms with Gasteiger partial charge in [0.15, 0.2) is 0 Å². The van der Waals surface area contributed by atoms with Crippen LogP contribution in [0.4, 0.5) is 4.39 Å². The van der Waals surface area contributed by atoms with Crippen molar-refractivity contribution in [1.82, 2.24) is 20.2 Å². The van der Waals surface area contributed by atoms with Crippen LogP contribution in [0.15, 0.2) is 36.5 Å². The third-order valence-electron chi connectivity index (χ3n) is 4.50. The van der Waals surface area contributed by atoms with Crippen LogP contribution in [0.5, 0.6) is 0 Å². The molecule has 1 saturated heterocycles. The van der Waals surface area contributed by atoms with E-state index in [2.05, 4.69) is 15.3 Å². The maximum atomic E-state index is 13.4. The van der Waals surface area contributed by atoms with Gasteiger partial charge in [-0.05, 0) is 31.0 Å². The first-order valence-corrected chi connectivity index (χ1v) is 8.64. The molecule has 0 radical (unpaired) electrons. The van der Waals surface area contributed by atoms with Crippen LogP contribution in [-0.4, -0.2) is 46.3 Å². The summed E-state index contributed by atoms with van der Waals surface area (Å²) >= 11 is 0. The van der Waals surface area contributed by atoms with Crippen molar-refractivity contribution in [2.45, 2.75) is 25.7 Å². The van der Waals surface area contributed by atoms with E-state index in [1.807, 2.05) is 6.07 Å². The van der Waals surface area contributed by atoms with Crippen molar-refractivity contribution in [3.05, 3.63) is 48.2 Å². The minimum absolute atomic E-state index is 0.0333. The van der Waals surface area contributed by atoms with Crippen molar-refractivity contribution in [1.29, 1.82) is 0 Å². The van der Waals surface area contributed by atoms with Crippen molar-refractivity contribution in [3.63, 3.8) is 0 Å². The molecule has 6 nitrogen and oxygen atoms in total. The number of nitrogens with zero attached hydrogens (tertiary/aromatic N) is 3. The van der Waals surface area contributed by atoms with Gasteiger partial charge in [-0.25, -0.2) is 14.4 Å². The number of nitrogens with one attached hydrogen (secondary N) is 1. The predicted molar refractivity (Wildman–Crippen MR) is 94.7 cm³/mol. The summed E-state index contributed by atoms with van der Waals surface area (Å²) in [6, 6.07) is 8.10. The third kappa shape index (κ3) is 4.41. The molecule has 2 amide bonds. The van der Waals surface area contributed by atoms with Crippen molar-refractivity contribution < 1.29 is 14.0 Å². The van der Waals surface area contributed by atoms with E-state index in [-0.39, 0.29) is 30.1 Å². The van der Waals surface area contributed by atoms with Crippen molar-refractivity contribution in [2.24, 2.45) is 0 Å². The zero-order valence-electron chi connectivity index (χ0n) is 14.6. The molecule has 1 aromatic carbocycles. The second-order valence-electron chi connectivity index (χ2n) is 6.38. The molecule has 1 aliphatic heterocycles. The molecule has 136 valence electrons. The Bertz CT molecular complexity index is 804. The number of halogens is 1. The Morgan fingerprint density at radius 1 is 1.27 bits per heavy atom. The fraction of sp³-hybridized carbons (Fsp3) is 0.368. The summed E-state index contributed by atoms with van der Waals surface area (Å²) in [5.74, 6) is 0.298. The Morgan fingerprint density at radius 3 is 2.73 bits per heavy atom. The predicted octanol–water partition coefficient (Wildman–Crippen LogP) is 2.12. The Morgan fingerprint density at radius 2 is 2.04 bits per heavy atom. The number of benzene rings is 1. The highest BCUT2D eigenvalue weighted by atomic mass is 19.1. The third-order valence-corrected chi connectivity index (χ3v) is 4.50. The lowest BCUT2D eigenvalue weighted by molar-refractivity contribution is -0.133. The number of hydrogen-bond donors (Lipinski definition) is 1. The molecular weight excluding hydrogens is 335 g/mol. The Balaban J connectivity index is 1.64. The number of aromatic nitrogens is 2. The summed E-state index contributed by atoms with van der Waals surface area (Å²) in [5.41, 5.74) is 1.41. The van der Waals surface area contributed by atoms with Crippen molar-refractivity contribution in [3.8, 4) is 11.3 Å². The average Bonchev–Trinajstić information content (AvgIpc) is 2.66. The van der Waals surface area contributed by atoms with E-state index >= 15 is 0 Å². The summed E-state index contributed by atoms with van der Waals surface area (Å²) in [6.45, 7) is 2.64. The lowest BCUT2D eigenvalue weighted by atomic mass is 9.95. The van der Waals surface area contributed by atoms with E-state index in [1.165, 1.54) is 19.1 Å². The second kappa shape index (κ2) is 8.03. The summed E-state index contributed by atoms with van der Waals surface area (Å²) < 4.78 is 13.4. The van der Waals surface area contributed by atoms with E-state index in [0.717, 1.165) is 24.2 Å². The molecule has 1 N–H and O–H groups in total. The van der Waals surface area contributed by atoms with Crippen LogP contribution in [0.2, 0.25) is 0 Å². The highest BCUT2D eigenvalue weighted by Crippen LogP contribution is 2.27. The number of carbonyl (C=O) groups excluding carboxylic acids is 2. The van der Waals surface area contributed by atoms with Gasteiger partial charge in [-0.15, -0.1) is 0 Å². The molecule has 2 heterocycles. The zero-order chi connectivity index (χ0) is 18.5. The fourth-order valence-electron chi connectivity index (χ4n) is 3.08. The molecule has 0 aliphatic carbocycles. The first-order valence-electron chi connectivity index (χ1n) is 8.64. The molecule has 1 aromatic heterocycles. The van der Waals surface area contributed by atoms with Crippen LogP contribution in [-0.2, 0) is 9.59 Å². The van der Waals surface area contributed by atoms with Gasteiger partial charge < -0.3 is 10.2 Å². The molecule has 26 heavy (non-hydrogen) atoms. The van der Waals surface area contributed by atoms with Crippen LogP contribution >= 0.6 is 0 Å². The Labute approximate surface area is 151 Å². The van der Waals surface area contributed by atoms with E-state index in [1.54, 1.807) is 23.2 Å². The summed E-state index contributed by atoms with van der Waals surface area (Å²) in [6.07, 6.45) is 3.22. The maximum absolute atomic E-state index is 13.4. The number of carbonyl (C=O) groups is 2. The maximum Gasteiger partial charge on any atom is 0.241 e. The van der Waals surface area contributed by atoms with Gasteiger partial charge in [0.05, 0.1) is 12.2 Å². The molecule has 0 bridgehead atoms. The Kier molecular flexibility index (Phi) is 5.55. The monoisotopic (exact) mass is 356 g/mol. The van der Waals surface area contributed by atoms with Crippen molar-refractivity contribution >= 4 is 11.8 Å². The van der Waals surface area contributed by atoms with Gasteiger partial charge in [0.25, 0.3) is 0 Å². The lowest BCUT2D eigenvalue weighted by Gasteiger charge is -2.31.